The summed E-state index contributed by atoms with van der Waals surface area (Å²) in [6.07, 6.45) is 3.28. The molecule has 0 aromatic carbocycles. The highest BCUT2D eigenvalue weighted by Crippen LogP contribution is 2.16. The maximum absolute atomic E-state index is 10.7. The number of rotatable bonds is 2. The first-order valence-corrected chi connectivity index (χ1v) is 3.82. The molecule has 0 aromatic heterocycles. The van der Waals surface area contributed by atoms with Crippen LogP contribution in [0.15, 0.2) is 11.8 Å². The van der Waals surface area contributed by atoms with Crippen LogP contribution in [0.4, 0.5) is 0 Å². The number of esters is 1. The van der Waals surface area contributed by atoms with Crippen LogP contribution in [-0.4, -0.2) is 17.2 Å². The number of hydrogen-bond acceptors (Lipinski definition) is 3. The highest BCUT2D eigenvalue weighted by Gasteiger charge is 2.19. The highest BCUT2D eigenvalue weighted by molar-refractivity contribution is 5.83. The first kappa shape index (κ1) is 8.11. The lowest BCUT2D eigenvalue weighted by Crippen LogP contribution is -2.22. The van der Waals surface area contributed by atoms with Gasteiger partial charge in [-0.2, -0.15) is 0 Å². The highest BCUT2D eigenvalue weighted by atomic mass is 16.5. The molecule has 1 atom stereocenters. The van der Waals surface area contributed by atoms with E-state index in [0.717, 1.165) is 18.9 Å². The van der Waals surface area contributed by atoms with Crippen molar-refractivity contribution in [3.05, 3.63) is 11.8 Å². The Balaban J connectivity index is 2.50. The van der Waals surface area contributed by atoms with Crippen molar-refractivity contribution in [1.29, 1.82) is 0 Å². The van der Waals surface area contributed by atoms with Crippen LogP contribution in [0.1, 0.15) is 26.2 Å². The van der Waals surface area contributed by atoms with Crippen molar-refractivity contribution in [3.63, 3.8) is 0 Å². The average Bonchev–Trinajstić information content (AvgIpc) is 1.85. The van der Waals surface area contributed by atoms with Crippen LogP contribution in [0.5, 0.6) is 0 Å². The van der Waals surface area contributed by atoms with E-state index in [4.69, 9.17) is 9.84 Å². The van der Waals surface area contributed by atoms with Gasteiger partial charge in [0.05, 0.1) is 6.08 Å². The van der Waals surface area contributed by atoms with Gasteiger partial charge in [-0.3, -0.25) is 0 Å². The molecule has 0 radical (unpaired) electrons. The third kappa shape index (κ3) is 2.26. The van der Waals surface area contributed by atoms with Crippen molar-refractivity contribution in [1.82, 2.24) is 0 Å². The largest absolute Gasteiger partial charge is 0.512 e. The third-order valence-corrected chi connectivity index (χ3v) is 1.61. The minimum atomic E-state index is -0.424. The van der Waals surface area contributed by atoms with Gasteiger partial charge in [0.15, 0.2) is 0 Å². The minimum Gasteiger partial charge on any atom is -0.512 e. The lowest BCUT2D eigenvalue weighted by atomic mass is 10.1. The molecule has 1 unspecified atom stereocenters. The Bertz CT molecular complexity index is 184. The summed E-state index contributed by atoms with van der Waals surface area (Å²) in [6.45, 7) is 2.02. The zero-order valence-corrected chi connectivity index (χ0v) is 6.54. The summed E-state index contributed by atoms with van der Waals surface area (Å²) >= 11 is 0. The molecule has 0 spiro atoms. The van der Waals surface area contributed by atoms with E-state index in [2.05, 4.69) is 0 Å². The van der Waals surface area contributed by atoms with Crippen molar-refractivity contribution in [2.75, 3.05) is 0 Å². The van der Waals surface area contributed by atoms with Crippen molar-refractivity contribution < 1.29 is 14.6 Å². The predicted molar refractivity (Wildman–Crippen MR) is 40.1 cm³/mol. The van der Waals surface area contributed by atoms with Crippen LogP contribution in [0.2, 0.25) is 0 Å². The van der Waals surface area contributed by atoms with Crippen molar-refractivity contribution >= 4 is 5.97 Å². The molecule has 3 heteroatoms. The van der Waals surface area contributed by atoms with Gasteiger partial charge >= 0.3 is 5.97 Å². The van der Waals surface area contributed by atoms with Gasteiger partial charge in [0, 0.05) is 6.42 Å². The van der Waals surface area contributed by atoms with Gasteiger partial charge in [0.1, 0.15) is 11.9 Å². The molecule has 11 heavy (non-hydrogen) atoms. The molecule has 1 aliphatic rings. The topological polar surface area (TPSA) is 46.5 Å². The molecule has 1 aliphatic heterocycles. The van der Waals surface area contributed by atoms with Crippen molar-refractivity contribution in [3.8, 4) is 0 Å². The summed E-state index contributed by atoms with van der Waals surface area (Å²) in [4.78, 5) is 10.7. The molecule has 62 valence electrons. The van der Waals surface area contributed by atoms with Crippen LogP contribution < -0.4 is 0 Å². The van der Waals surface area contributed by atoms with Gasteiger partial charge in [-0.15, -0.1) is 0 Å². The molecule has 1 rings (SSSR count). The zero-order chi connectivity index (χ0) is 8.27. The summed E-state index contributed by atoms with van der Waals surface area (Å²) in [5, 5.41) is 9.04. The summed E-state index contributed by atoms with van der Waals surface area (Å²) in [7, 11) is 0. The Morgan fingerprint density at radius 1 is 1.82 bits per heavy atom. The number of aliphatic hydroxyl groups is 1. The van der Waals surface area contributed by atoms with E-state index in [1.54, 1.807) is 0 Å². The van der Waals surface area contributed by atoms with Crippen LogP contribution in [-0.2, 0) is 9.53 Å². The Kier molecular flexibility index (Phi) is 2.52. The number of hydrogen-bond donors (Lipinski definition) is 1. The maximum atomic E-state index is 10.7. The molecule has 0 bridgehead atoms. The predicted octanol–water partition coefficient (Wildman–Crippen LogP) is 1.54. The van der Waals surface area contributed by atoms with Crippen LogP contribution in [0, 0.1) is 0 Å². The Hall–Kier alpha value is -0.990. The fourth-order valence-electron chi connectivity index (χ4n) is 1.15. The molecule has 0 saturated carbocycles. The van der Waals surface area contributed by atoms with Gasteiger partial charge in [-0.05, 0) is 6.42 Å². The quantitative estimate of drug-likeness (QED) is 0.617. The minimum absolute atomic E-state index is 0.113. The summed E-state index contributed by atoms with van der Waals surface area (Å²) in [5.41, 5.74) is 0. The van der Waals surface area contributed by atoms with E-state index in [1.165, 1.54) is 0 Å². The van der Waals surface area contributed by atoms with E-state index in [-0.39, 0.29) is 11.9 Å². The van der Waals surface area contributed by atoms with Gasteiger partial charge in [0.2, 0.25) is 0 Å². The molecule has 0 fully saturated rings. The second-order valence-electron chi connectivity index (χ2n) is 2.69. The molecular formula is C8H12O3. The molecule has 0 aromatic rings. The average molecular weight is 156 g/mol. The molecule has 0 amide bonds. The Labute approximate surface area is 65.7 Å². The van der Waals surface area contributed by atoms with Gasteiger partial charge in [-0.1, -0.05) is 13.3 Å². The van der Waals surface area contributed by atoms with Gasteiger partial charge < -0.3 is 9.84 Å². The van der Waals surface area contributed by atoms with E-state index in [1.807, 2.05) is 6.92 Å². The fraction of sp³-hybridized carbons (Fsp3) is 0.625. The Morgan fingerprint density at radius 2 is 2.55 bits per heavy atom. The van der Waals surface area contributed by atoms with E-state index >= 15 is 0 Å². The SMILES string of the molecule is CCCC1CC(O)=CC(=O)O1. The number of carbonyl (C=O) groups is 1. The van der Waals surface area contributed by atoms with Crippen molar-refractivity contribution in [2.45, 2.75) is 32.3 Å². The molecule has 0 aliphatic carbocycles. The summed E-state index contributed by atoms with van der Waals surface area (Å²) in [6, 6.07) is 0. The second-order valence-corrected chi connectivity index (χ2v) is 2.69. The first-order chi connectivity index (χ1) is 5.22. The molecule has 3 nitrogen and oxygen atoms in total. The normalized spacial score (nSPS) is 24.3. The number of aliphatic hydroxyl groups excluding tert-OH is 1. The Morgan fingerprint density at radius 3 is 3.09 bits per heavy atom. The molecular weight excluding hydrogens is 144 g/mol. The molecule has 0 saturated heterocycles. The van der Waals surface area contributed by atoms with Gasteiger partial charge in [0.25, 0.3) is 0 Å². The second kappa shape index (κ2) is 3.42. The summed E-state index contributed by atoms with van der Waals surface area (Å²) in [5.74, 6) is -0.285. The van der Waals surface area contributed by atoms with E-state index in [0.29, 0.717) is 6.42 Å². The number of carbonyl (C=O) groups excluding carboxylic acids is 1. The van der Waals surface area contributed by atoms with Crippen LogP contribution in [0.25, 0.3) is 0 Å². The molecule has 1 heterocycles. The third-order valence-electron chi connectivity index (χ3n) is 1.61. The smallest absolute Gasteiger partial charge is 0.334 e. The fourth-order valence-corrected chi connectivity index (χ4v) is 1.15. The summed E-state index contributed by atoms with van der Waals surface area (Å²) < 4.78 is 4.92. The van der Waals surface area contributed by atoms with Crippen LogP contribution in [0.3, 0.4) is 0 Å². The van der Waals surface area contributed by atoms with Crippen molar-refractivity contribution in [2.24, 2.45) is 0 Å². The first-order valence-electron chi connectivity index (χ1n) is 3.82. The van der Waals surface area contributed by atoms with Gasteiger partial charge in [-0.25, -0.2) is 4.79 Å². The zero-order valence-electron chi connectivity index (χ0n) is 6.54. The van der Waals surface area contributed by atoms with Crippen LogP contribution >= 0.6 is 0 Å². The lowest BCUT2D eigenvalue weighted by molar-refractivity contribution is -0.145. The maximum Gasteiger partial charge on any atom is 0.334 e. The number of cyclic esters (lactones) is 1. The molecule has 1 N–H and O–H groups in total. The lowest BCUT2D eigenvalue weighted by Gasteiger charge is -2.19. The monoisotopic (exact) mass is 156 g/mol. The number of ether oxygens (including phenoxy) is 1. The van der Waals surface area contributed by atoms with E-state index < -0.39 is 5.97 Å². The standard InChI is InChI=1S/C8H12O3/c1-2-3-7-4-6(9)5-8(10)11-7/h5,7,9H,2-4H2,1H3. The van der Waals surface area contributed by atoms with E-state index in [9.17, 15) is 4.79 Å².